The predicted molar refractivity (Wildman–Crippen MR) is 97.2 cm³/mol. The van der Waals surface area contributed by atoms with Crippen molar-refractivity contribution < 1.29 is 28.8 Å². The number of rotatable bonds is 7. The summed E-state index contributed by atoms with van der Waals surface area (Å²) in [6, 6.07) is 17.6. The maximum atomic E-state index is 10.6. The number of hydrogen-bond acceptors (Lipinski definition) is 6. The van der Waals surface area contributed by atoms with Gasteiger partial charge in [0.1, 0.15) is 30.2 Å². The average molecular weight is 372 g/mol. The van der Waals surface area contributed by atoms with Gasteiger partial charge in [-0.1, -0.05) is 42.5 Å². The first kappa shape index (κ1) is 18.4. The monoisotopic (exact) mass is 372 g/mol. The van der Waals surface area contributed by atoms with E-state index >= 15 is 0 Å². The highest BCUT2D eigenvalue weighted by Gasteiger charge is 2.51. The van der Waals surface area contributed by atoms with Crippen LogP contribution in [0.2, 0.25) is 0 Å². The Bertz CT molecular complexity index is 719. The van der Waals surface area contributed by atoms with Gasteiger partial charge in [-0.25, -0.2) is 0 Å². The van der Waals surface area contributed by atoms with Gasteiger partial charge in [0, 0.05) is 0 Å². The maximum Gasteiger partial charge on any atom is 0.186 e. The molecule has 0 aromatic heterocycles. The van der Waals surface area contributed by atoms with Crippen molar-refractivity contribution in [1.29, 1.82) is 0 Å². The van der Waals surface area contributed by atoms with Crippen molar-refractivity contribution in [2.45, 2.75) is 43.9 Å². The van der Waals surface area contributed by atoms with Crippen molar-refractivity contribution in [3.05, 3.63) is 65.7 Å². The Labute approximate surface area is 158 Å². The first-order valence-electron chi connectivity index (χ1n) is 9.10. The molecule has 27 heavy (non-hydrogen) atoms. The minimum Gasteiger partial charge on any atom is -0.497 e. The van der Waals surface area contributed by atoms with E-state index in [1.807, 2.05) is 54.6 Å². The van der Waals surface area contributed by atoms with Crippen molar-refractivity contribution in [3.63, 3.8) is 0 Å². The predicted octanol–water partition coefficient (Wildman–Crippen LogP) is 2.28. The summed E-state index contributed by atoms with van der Waals surface area (Å²) >= 11 is 0. The van der Waals surface area contributed by atoms with Crippen LogP contribution in [0.1, 0.15) is 11.1 Å². The molecule has 2 aliphatic heterocycles. The second-order valence-electron chi connectivity index (χ2n) is 6.75. The molecule has 0 unspecified atom stereocenters. The number of aliphatic hydroxyl groups excluding tert-OH is 1. The molecule has 0 spiro atoms. The van der Waals surface area contributed by atoms with Crippen LogP contribution in [0.3, 0.4) is 0 Å². The number of fused-ring (bicyclic) bond motifs is 2. The van der Waals surface area contributed by atoms with E-state index in [-0.39, 0.29) is 6.10 Å². The summed E-state index contributed by atoms with van der Waals surface area (Å²) < 4.78 is 28.6. The van der Waals surface area contributed by atoms with Crippen molar-refractivity contribution >= 4 is 0 Å². The van der Waals surface area contributed by atoms with E-state index in [4.69, 9.17) is 23.7 Å². The molecule has 2 aliphatic rings. The molecule has 6 heteroatoms. The van der Waals surface area contributed by atoms with E-state index in [9.17, 15) is 5.11 Å². The number of benzene rings is 2. The summed E-state index contributed by atoms with van der Waals surface area (Å²) in [6.07, 6.45) is -2.74. The molecule has 144 valence electrons. The third-order valence-electron chi connectivity index (χ3n) is 4.93. The summed E-state index contributed by atoms with van der Waals surface area (Å²) in [5.74, 6) is 0.792. The Kier molecular flexibility index (Phi) is 5.71. The fourth-order valence-corrected chi connectivity index (χ4v) is 3.43. The second-order valence-corrected chi connectivity index (χ2v) is 6.75. The smallest absolute Gasteiger partial charge is 0.186 e. The topological polar surface area (TPSA) is 66.4 Å². The van der Waals surface area contributed by atoms with Gasteiger partial charge < -0.3 is 28.8 Å². The second kappa shape index (κ2) is 8.37. The van der Waals surface area contributed by atoms with Crippen LogP contribution in [0.4, 0.5) is 0 Å². The van der Waals surface area contributed by atoms with Crippen LogP contribution in [-0.4, -0.2) is 49.5 Å². The zero-order chi connectivity index (χ0) is 18.6. The maximum absolute atomic E-state index is 10.6. The standard InChI is InChI=1S/C21H24O6/c1-23-16-9-7-15(8-10-16)12-25-20-18(22)21-26-13-17(27-21)19(20)24-11-14-5-3-2-4-6-14/h2-10,17-22H,11-13H2,1H3/t17-,18+,19+,20-,21+/m1/s1. The minimum atomic E-state index is -0.900. The number of aliphatic hydroxyl groups is 1. The third kappa shape index (κ3) is 4.15. The van der Waals surface area contributed by atoms with Crippen LogP contribution in [0, 0.1) is 0 Å². The largest absolute Gasteiger partial charge is 0.497 e. The van der Waals surface area contributed by atoms with Crippen LogP contribution in [0.5, 0.6) is 5.75 Å². The summed E-state index contributed by atoms with van der Waals surface area (Å²) in [7, 11) is 1.63. The van der Waals surface area contributed by atoms with Gasteiger partial charge in [-0.3, -0.25) is 0 Å². The third-order valence-corrected chi connectivity index (χ3v) is 4.93. The molecule has 1 N–H and O–H groups in total. The van der Waals surface area contributed by atoms with Gasteiger partial charge in [0.15, 0.2) is 6.29 Å². The highest BCUT2D eigenvalue weighted by Crippen LogP contribution is 2.32. The van der Waals surface area contributed by atoms with E-state index in [0.29, 0.717) is 19.8 Å². The van der Waals surface area contributed by atoms with Crippen molar-refractivity contribution in [3.8, 4) is 5.75 Å². The summed E-state index contributed by atoms with van der Waals surface area (Å²) in [5.41, 5.74) is 2.05. The van der Waals surface area contributed by atoms with Crippen molar-refractivity contribution in [1.82, 2.24) is 0 Å². The molecular formula is C21H24O6. The highest BCUT2D eigenvalue weighted by atomic mass is 16.7. The van der Waals surface area contributed by atoms with Crippen LogP contribution in [0.25, 0.3) is 0 Å². The van der Waals surface area contributed by atoms with Crippen molar-refractivity contribution in [2.75, 3.05) is 13.7 Å². The molecule has 5 atom stereocenters. The summed E-state index contributed by atoms with van der Waals surface area (Å²) in [4.78, 5) is 0. The van der Waals surface area contributed by atoms with E-state index in [1.54, 1.807) is 7.11 Å². The zero-order valence-electron chi connectivity index (χ0n) is 15.2. The molecule has 0 saturated carbocycles. The lowest BCUT2D eigenvalue weighted by Gasteiger charge is -2.38. The fourth-order valence-electron chi connectivity index (χ4n) is 3.43. The molecule has 2 saturated heterocycles. The van der Waals surface area contributed by atoms with Gasteiger partial charge in [-0.05, 0) is 23.3 Å². The molecule has 6 nitrogen and oxygen atoms in total. The summed E-state index contributed by atoms with van der Waals surface area (Å²) in [5, 5.41) is 10.6. The Hall–Kier alpha value is -1.96. The van der Waals surface area contributed by atoms with Gasteiger partial charge in [-0.15, -0.1) is 0 Å². The zero-order valence-corrected chi connectivity index (χ0v) is 15.2. The Morgan fingerprint density at radius 1 is 0.926 bits per heavy atom. The molecule has 0 amide bonds. The van der Waals surface area contributed by atoms with Crippen LogP contribution in [0.15, 0.2) is 54.6 Å². The molecule has 2 aromatic rings. The SMILES string of the molecule is COc1ccc(CO[C@@H]2[C@H](O)[C@H]3OC[C@@H](O3)[C@@H]2OCc2ccccc2)cc1. The van der Waals surface area contributed by atoms with E-state index in [0.717, 1.165) is 16.9 Å². The molecule has 2 fully saturated rings. The number of methoxy groups -OCH3 is 1. The number of hydrogen-bond donors (Lipinski definition) is 1. The van der Waals surface area contributed by atoms with Crippen LogP contribution >= 0.6 is 0 Å². The van der Waals surface area contributed by atoms with E-state index in [1.165, 1.54) is 0 Å². The quantitative estimate of drug-likeness (QED) is 0.804. The summed E-state index contributed by atoms with van der Waals surface area (Å²) in [6.45, 7) is 1.17. The Balaban J connectivity index is 1.43. The molecule has 0 aliphatic carbocycles. The van der Waals surface area contributed by atoms with Gasteiger partial charge in [0.2, 0.25) is 0 Å². The van der Waals surface area contributed by atoms with Gasteiger partial charge in [0.05, 0.1) is 26.9 Å². The highest BCUT2D eigenvalue weighted by molar-refractivity contribution is 5.26. The van der Waals surface area contributed by atoms with E-state index < -0.39 is 24.6 Å². The first-order chi connectivity index (χ1) is 13.2. The fraction of sp³-hybridized carbons (Fsp3) is 0.429. The molecule has 2 bridgehead atoms. The molecule has 2 heterocycles. The van der Waals surface area contributed by atoms with Crippen molar-refractivity contribution in [2.24, 2.45) is 0 Å². The first-order valence-corrected chi connectivity index (χ1v) is 9.10. The van der Waals surface area contributed by atoms with Gasteiger partial charge in [0.25, 0.3) is 0 Å². The minimum absolute atomic E-state index is 0.247. The lowest BCUT2D eigenvalue weighted by Crippen LogP contribution is -2.55. The van der Waals surface area contributed by atoms with Gasteiger partial charge >= 0.3 is 0 Å². The van der Waals surface area contributed by atoms with Gasteiger partial charge in [-0.2, -0.15) is 0 Å². The molecule has 0 radical (unpaired) electrons. The van der Waals surface area contributed by atoms with E-state index in [2.05, 4.69) is 0 Å². The normalized spacial score (nSPS) is 29.6. The van der Waals surface area contributed by atoms with Crippen LogP contribution in [-0.2, 0) is 32.2 Å². The lowest BCUT2D eigenvalue weighted by atomic mass is 10.0. The molecule has 4 rings (SSSR count). The lowest BCUT2D eigenvalue weighted by molar-refractivity contribution is -0.254. The molecule has 2 aromatic carbocycles. The number of ether oxygens (including phenoxy) is 5. The average Bonchev–Trinajstić information content (AvgIpc) is 3.16. The Morgan fingerprint density at radius 3 is 2.30 bits per heavy atom. The molecular weight excluding hydrogens is 348 g/mol. The van der Waals surface area contributed by atoms with Crippen LogP contribution < -0.4 is 4.74 Å². The Morgan fingerprint density at radius 2 is 1.59 bits per heavy atom.